The Balaban J connectivity index is 1.94. The minimum atomic E-state index is -1.67. The number of primary amides is 1. The number of H-pyrrole nitrogens is 1. The lowest BCUT2D eigenvalue weighted by atomic mass is 10.0. The van der Waals surface area contributed by atoms with E-state index in [1.165, 1.54) is 0 Å². The highest BCUT2D eigenvalue weighted by Crippen LogP contribution is 2.20. The van der Waals surface area contributed by atoms with E-state index in [4.69, 9.17) is 16.6 Å². The van der Waals surface area contributed by atoms with Crippen molar-refractivity contribution in [1.29, 1.82) is 0 Å². The predicted molar refractivity (Wildman–Crippen MR) is 199 cm³/mol. The normalized spacial score (nSPS) is 13.7. The van der Waals surface area contributed by atoms with Crippen LogP contribution in [-0.4, -0.2) is 99.3 Å². The van der Waals surface area contributed by atoms with E-state index in [1.807, 2.05) is 13.8 Å². The van der Waals surface area contributed by atoms with Gasteiger partial charge in [0.25, 0.3) is 0 Å². The fourth-order valence-corrected chi connectivity index (χ4v) is 5.72. The quantitative estimate of drug-likeness (QED) is 0.0604. The molecule has 3 rings (SSSR count). The lowest BCUT2D eigenvalue weighted by molar-refractivity contribution is -0.141. The van der Waals surface area contributed by atoms with Crippen LogP contribution < -0.4 is 38.1 Å². The number of carboxylic acids is 2. The SMILES string of the molecule is CC(C)C[C@H](N)C(=O)N[C@@H](CC(=O)O)C(=O)N[C@@H](CCC(N)=O)C(=O)N[C@@H](Cc1c[nH]c2ccccc12)C(=O)N[C@@H](Cc1ccccc1)C(=O)NCC(=O)O. The summed E-state index contributed by atoms with van der Waals surface area (Å²) in [4.78, 5) is 105. The van der Waals surface area contributed by atoms with Crippen molar-refractivity contribution in [3.05, 3.63) is 71.9 Å². The van der Waals surface area contributed by atoms with Gasteiger partial charge < -0.3 is 53.2 Å². The number of benzene rings is 2. The van der Waals surface area contributed by atoms with E-state index >= 15 is 0 Å². The summed E-state index contributed by atoms with van der Waals surface area (Å²) in [6.07, 6.45) is 0.0458. The first-order valence-electron chi connectivity index (χ1n) is 17.6. The van der Waals surface area contributed by atoms with Gasteiger partial charge in [0.2, 0.25) is 35.4 Å². The predicted octanol–water partition coefficient (Wildman–Crippen LogP) is -0.793. The van der Waals surface area contributed by atoms with Crippen LogP contribution in [0.4, 0.5) is 0 Å². The zero-order chi connectivity index (χ0) is 40.7. The molecule has 5 atom stereocenters. The van der Waals surface area contributed by atoms with Gasteiger partial charge in [-0.1, -0.05) is 62.4 Å². The summed E-state index contributed by atoms with van der Waals surface area (Å²) in [7, 11) is 0. The molecule has 0 fully saturated rings. The fourth-order valence-electron chi connectivity index (χ4n) is 5.72. The first-order valence-corrected chi connectivity index (χ1v) is 17.6. The third-order valence-corrected chi connectivity index (χ3v) is 8.45. The van der Waals surface area contributed by atoms with Crippen LogP contribution in [0.5, 0.6) is 0 Å². The summed E-state index contributed by atoms with van der Waals surface area (Å²) in [6.45, 7) is 2.92. The summed E-state index contributed by atoms with van der Waals surface area (Å²) >= 11 is 0. The Kier molecular flexibility index (Phi) is 16.3. The second kappa shape index (κ2) is 20.8. The van der Waals surface area contributed by atoms with Crippen LogP contribution in [0, 0.1) is 5.92 Å². The number of aliphatic carboxylic acids is 2. The number of aromatic amines is 1. The molecule has 0 bridgehead atoms. The average molecular weight is 765 g/mol. The van der Waals surface area contributed by atoms with Crippen molar-refractivity contribution in [2.24, 2.45) is 17.4 Å². The second-order valence-electron chi connectivity index (χ2n) is 13.4. The Hall–Kier alpha value is -6.30. The first-order chi connectivity index (χ1) is 26.0. The molecule has 296 valence electrons. The number of carboxylic acid groups (broad SMARTS) is 2. The number of carbonyl (C=O) groups is 8. The molecule has 0 unspecified atom stereocenters. The monoisotopic (exact) mass is 764 g/mol. The Labute approximate surface area is 316 Å². The summed E-state index contributed by atoms with van der Waals surface area (Å²) in [6, 6.07) is 8.76. The molecule has 2 aromatic carbocycles. The Morgan fingerprint density at radius 2 is 1.25 bits per heavy atom. The first kappa shape index (κ1) is 43.1. The highest BCUT2D eigenvalue weighted by Gasteiger charge is 2.33. The van der Waals surface area contributed by atoms with Crippen LogP contribution in [-0.2, 0) is 51.2 Å². The Morgan fingerprint density at radius 3 is 1.87 bits per heavy atom. The molecular weight excluding hydrogens is 716 g/mol. The molecule has 18 heteroatoms. The molecule has 0 aliphatic heterocycles. The van der Waals surface area contributed by atoms with Gasteiger partial charge in [-0.15, -0.1) is 0 Å². The van der Waals surface area contributed by atoms with Crippen LogP contribution in [0.2, 0.25) is 0 Å². The average Bonchev–Trinajstić information content (AvgIpc) is 3.53. The largest absolute Gasteiger partial charge is 0.481 e. The van der Waals surface area contributed by atoms with Crippen molar-refractivity contribution >= 4 is 58.3 Å². The molecule has 3 aromatic rings. The fraction of sp³-hybridized carbons (Fsp3) is 0.405. The number of nitrogens with one attached hydrogen (secondary N) is 6. The number of carbonyl (C=O) groups excluding carboxylic acids is 6. The molecule has 1 aromatic heterocycles. The van der Waals surface area contributed by atoms with Gasteiger partial charge in [-0.05, 0) is 36.0 Å². The lowest BCUT2D eigenvalue weighted by Crippen LogP contribution is -2.59. The molecule has 0 aliphatic rings. The maximum absolute atomic E-state index is 14.1. The zero-order valence-corrected chi connectivity index (χ0v) is 30.5. The van der Waals surface area contributed by atoms with Crippen LogP contribution in [0.15, 0.2) is 60.8 Å². The van der Waals surface area contributed by atoms with Crippen LogP contribution in [0.3, 0.4) is 0 Å². The van der Waals surface area contributed by atoms with Gasteiger partial charge in [-0.25, -0.2) is 0 Å². The smallest absolute Gasteiger partial charge is 0.322 e. The van der Waals surface area contributed by atoms with Crippen LogP contribution in [0.1, 0.15) is 50.7 Å². The van der Waals surface area contributed by atoms with E-state index < -0.39 is 97.0 Å². The molecule has 18 nitrogen and oxygen atoms in total. The van der Waals surface area contributed by atoms with Gasteiger partial charge in [0.1, 0.15) is 30.7 Å². The summed E-state index contributed by atoms with van der Waals surface area (Å²) in [5, 5.41) is 31.5. The van der Waals surface area contributed by atoms with Gasteiger partial charge in [0, 0.05) is 36.4 Å². The zero-order valence-electron chi connectivity index (χ0n) is 30.5. The molecule has 1 heterocycles. The van der Waals surface area contributed by atoms with E-state index in [9.17, 15) is 43.5 Å². The molecular formula is C37H48N8O10. The summed E-state index contributed by atoms with van der Waals surface area (Å²) < 4.78 is 0. The molecule has 55 heavy (non-hydrogen) atoms. The van der Waals surface area contributed by atoms with Gasteiger partial charge in [0.05, 0.1) is 12.5 Å². The van der Waals surface area contributed by atoms with Crippen molar-refractivity contribution < 1.29 is 48.6 Å². The van der Waals surface area contributed by atoms with Gasteiger partial charge in [-0.2, -0.15) is 0 Å². The van der Waals surface area contributed by atoms with E-state index in [-0.39, 0.29) is 31.6 Å². The van der Waals surface area contributed by atoms with Crippen LogP contribution >= 0.6 is 0 Å². The molecule has 6 amide bonds. The Morgan fingerprint density at radius 1 is 0.691 bits per heavy atom. The lowest BCUT2D eigenvalue weighted by Gasteiger charge is -2.26. The van der Waals surface area contributed by atoms with Gasteiger partial charge >= 0.3 is 11.9 Å². The third-order valence-electron chi connectivity index (χ3n) is 8.45. The number of nitrogens with two attached hydrogens (primary N) is 2. The number of amides is 6. The van der Waals surface area contributed by atoms with Gasteiger partial charge in [-0.3, -0.25) is 38.4 Å². The van der Waals surface area contributed by atoms with E-state index in [0.29, 0.717) is 11.1 Å². The van der Waals surface area contributed by atoms with Gasteiger partial charge in [0.15, 0.2) is 0 Å². The van der Waals surface area contributed by atoms with E-state index in [0.717, 1.165) is 10.9 Å². The minimum Gasteiger partial charge on any atom is -0.481 e. The molecule has 12 N–H and O–H groups in total. The van der Waals surface area contributed by atoms with Crippen molar-refractivity contribution in [1.82, 2.24) is 31.6 Å². The standard InChI is InChI=1S/C37H48N8O10/c1-20(2)14-24(38)33(51)43-29(17-31(47)48)37(55)42-26(12-13-30(39)46)35(53)45-28(16-22-18-40-25-11-7-6-10-23(22)25)36(54)44-27(34(52)41-19-32(49)50)15-21-8-4-3-5-9-21/h3-11,18,20,24,26-29,40H,12-17,19,38H2,1-2H3,(H2,39,46)(H,41,52)(H,42,55)(H,43,51)(H,44,54)(H,45,53)(H,47,48)(H,49,50)/t24-,26-,27-,28-,29-/m0/s1. The molecule has 0 aliphatic carbocycles. The highest BCUT2D eigenvalue weighted by atomic mass is 16.4. The Bertz CT molecular complexity index is 1850. The summed E-state index contributed by atoms with van der Waals surface area (Å²) in [5.74, 6) is -8.06. The third kappa shape index (κ3) is 14.2. The van der Waals surface area contributed by atoms with Crippen molar-refractivity contribution in [3.8, 4) is 0 Å². The maximum atomic E-state index is 14.1. The molecule has 0 radical (unpaired) electrons. The van der Waals surface area contributed by atoms with Crippen molar-refractivity contribution in [2.75, 3.05) is 6.54 Å². The number of hydrogen-bond donors (Lipinski definition) is 10. The second-order valence-corrected chi connectivity index (χ2v) is 13.4. The molecule has 0 saturated heterocycles. The number of aromatic nitrogens is 1. The number of hydrogen-bond acceptors (Lipinski definition) is 9. The highest BCUT2D eigenvalue weighted by molar-refractivity contribution is 5.97. The number of rotatable bonds is 22. The summed E-state index contributed by atoms with van der Waals surface area (Å²) in [5.41, 5.74) is 13.2. The molecule has 0 spiro atoms. The minimum absolute atomic E-state index is 0.0107. The van der Waals surface area contributed by atoms with Crippen molar-refractivity contribution in [2.45, 2.75) is 82.6 Å². The van der Waals surface area contributed by atoms with Crippen molar-refractivity contribution in [3.63, 3.8) is 0 Å². The number of para-hydroxylation sites is 1. The van der Waals surface area contributed by atoms with E-state index in [2.05, 4.69) is 31.6 Å². The molecule has 0 saturated carbocycles. The number of fused-ring (bicyclic) bond motifs is 1. The maximum Gasteiger partial charge on any atom is 0.322 e. The van der Waals surface area contributed by atoms with E-state index in [1.54, 1.807) is 60.8 Å². The van der Waals surface area contributed by atoms with Crippen LogP contribution in [0.25, 0.3) is 10.9 Å². The topological polar surface area (TPSA) is 305 Å².